The monoisotopic (exact) mass is 213 g/mol. The fourth-order valence-corrected chi connectivity index (χ4v) is 1.51. The van der Waals surface area contributed by atoms with Crippen LogP contribution in [-0.2, 0) is 0 Å². The Labute approximate surface area is 88.7 Å². The van der Waals surface area contributed by atoms with Gasteiger partial charge in [-0.1, -0.05) is 18.2 Å². The van der Waals surface area contributed by atoms with Crippen molar-refractivity contribution < 1.29 is 14.2 Å². The molecule has 0 fully saturated rings. The average Bonchev–Trinajstić information content (AvgIpc) is 2.26. The van der Waals surface area contributed by atoms with Crippen molar-refractivity contribution in [1.82, 2.24) is 0 Å². The molecule has 0 saturated heterocycles. The third-order valence-corrected chi connectivity index (χ3v) is 2.30. The molecule has 3 nitrogen and oxygen atoms in total. The number of nitrogens with two attached hydrogens (primary N) is 1. The summed E-state index contributed by atoms with van der Waals surface area (Å²) < 4.78 is 18.4. The van der Waals surface area contributed by atoms with Crippen LogP contribution >= 0.6 is 0 Å². The van der Waals surface area contributed by atoms with Gasteiger partial charge in [0.15, 0.2) is 0 Å². The van der Waals surface area contributed by atoms with Gasteiger partial charge in [0, 0.05) is 11.1 Å². The third-order valence-electron chi connectivity index (χ3n) is 2.30. The van der Waals surface area contributed by atoms with E-state index in [1.54, 1.807) is 18.2 Å². The normalized spacial score (nSPS) is 14.7. The molecular weight excluding hydrogens is 197 g/mol. The van der Waals surface area contributed by atoms with E-state index < -0.39 is 12.2 Å². The smallest absolute Gasteiger partial charge is 0.129 e. The Kier molecular flexibility index (Phi) is 4.05. The number of rotatable bonds is 4. The Morgan fingerprint density at radius 3 is 2.53 bits per heavy atom. The van der Waals surface area contributed by atoms with Gasteiger partial charge >= 0.3 is 0 Å². The minimum Gasteiger partial charge on any atom is -0.496 e. The van der Waals surface area contributed by atoms with Gasteiger partial charge in [-0.15, -0.1) is 0 Å². The summed E-state index contributed by atoms with van der Waals surface area (Å²) in [6, 6.07) is 4.54. The first-order valence-corrected chi connectivity index (χ1v) is 4.79. The number of aliphatic hydroxyl groups excluding tert-OH is 1. The van der Waals surface area contributed by atoms with Gasteiger partial charge in [0.25, 0.3) is 0 Å². The molecule has 0 aliphatic rings. The van der Waals surface area contributed by atoms with Crippen molar-refractivity contribution in [2.75, 3.05) is 13.7 Å². The van der Waals surface area contributed by atoms with Gasteiger partial charge in [-0.3, -0.25) is 0 Å². The van der Waals surface area contributed by atoms with Gasteiger partial charge in [0.05, 0.1) is 19.8 Å². The minimum atomic E-state index is -1.12. The lowest BCUT2D eigenvalue weighted by atomic mass is 10.0. The van der Waals surface area contributed by atoms with Crippen LogP contribution in [0.4, 0.5) is 4.39 Å². The molecule has 15 heavy (non-hydrogen) atoms. The van der Waals surface area contributed by atoms with Crippen LogP contribution in [0.25, 0.3) is 0 Å². The van der Waals surface area contributed by atoms with E-state index in [4.69, 9.17) is 15.6 Å². The van der Waals surface area contributed by atoms with Crippen LogP contribution in [0.15, 0.2) is 18.2 Å². The van der Waals surface area contributed by atoms with E-state index in [0.717, 1.165) is 0 Å². The summed E-state index contributed by atoms with van der Waals surface area (Å²) in [6.07, 6.45) is -1.12. The Morgan fingerprint density at radius 2 is 2.07 bits per heavy atom. The first-order valence-electron chi connectivity index (χ1n) is 4.79. The third kappa shape index (κ3) is 2.46. The molecule has 0 bridgehead atoms. The van der Waals surface area contributed by atoms with Crippen molar-refractivity contribution in [2.24, 2.45) is 5.73 Å². The summed E-state index contributed by atoms with van der Waals surface area (Å²) in [6.45, 7) is 1.24. The Morgan fingerprint density at radius 1 is 1.47 bits per heavy atom. The molecule has 0 spiro atoms. The summed E-state index contributed by atoms with van der Waals surface area (Å²) in [5, 5.41) is 8.96. The maximum Gasteiger partial charge on any atom is 0.129 e. The highest BCUT2D eigenvalue weighted by atomic mass is 19.1. The fourth-order valence-electron chi connectivity index (χ4n) is 1.51. The first-order chi connectivity index (χ1) is 7.11. The molecule has 0 radical (unpaired) electrons. The van der Waals surface area contributed by atoms with Crippen molar-refractivity contribution in [3.8, 4) is 5.75 Å². The second-order valence-electron chi connectivity index (χ2n) is 3.37. The second-order valence-corrected chi connectivity index (χ2v) is 3.37. The number of ether oxygens (including phenoxy) is 1. The number of aliphatic hydroxyl groups is 1. The zero-order valence-corrected chi connectivity index (χ0v) is 8.90. The van der Waals surface area contributed by atoms with Gasteiger partial charge < -0.3 is 15.6 Å². The van der Waals surface area contributed by atoms with Crippen LogP contribution in [0.5, 0.6) is 5.75 Å². The Balaban J connectivity index is 3.22. The molecule has 0 aliphatic carbocycles. The molecule has 2 unspecified atom stereocenters. The predicted molar refractivity (Wildman–Crippen MR) is 56.5 cm³/mol. The minimum absolute atomic E-state index is 0.194. The van der Waals surface area contributed by atoms with Crippen molar-refractivity contribution >= 4 is 0 Å². The lowest BCUT2D eigenvalue weighted by molar-refractivity contribution is 0.263. The lowest BCUT2D eigenvalue weighted by Gasteiger charge is -2.17. The number of hydrogen-bond acceptors (Lipinski definition) is 3. The van der Waals surface area contributed by atoms with Crippen LogP contribution in [0.3, 0.4) is 0 Å². The van der Waals surface area contributed by atoms with E-state index in [2.05, 4.69) is 0 Å². The number of hydrogen-bond donors (Lipinski definition) is 2. The van der Waals surface area contributed by atoms with Gasteiger partial charge in [-0.05, 0) is 6.92 Å². The summed E-state index contributed by atoms with van der Waals surface area (Å²) in [4.78, 5) is 0. The van der Waals surface area contributed by atoms with Crippen LogP contribution in [0.2, 0.25) is 0 Å². The highest BCUT2D eigenvalue weighted by molar-refractivity contribution is 5.44. The molecule has 1 aromatic rings. The van der Waals surface area contributed by atoms with Crippen molar-refractivity contribution in [2.45, 2.75) is 19.1 Å². The molecule has 2 atom stereocenters. The van der Waals surface area contributed by atoms with Crippen molar-refractivity contribution in [3.05, 3.63) is 29.3 Å². The largest absolute Gasteiger partial charge is 0.496 e. The summed E-state index contributed by atoms with van der Waals surface area (Å²) in [7, 11) is 1.47. The molecule has 1 aromatic carbocycles. The predicted octanol–water partition coefficient (Wildman–Crippen LogP) is 1.72. The van der Waals surface area contributed by atoms with Gasteiger partial charge in [0.2, 0.25) is 0 Å². The van der Waals surface area contributed by atoms with Crippen molar-refractivity contribution in [1.29, 1.82) is 0 Å². The first kappa shape index (κ1) is 11.9. The van der Waals surface area contributed by atoms with E-state index in [9.17, 15) is 4.39 Å². The molecule has 0 aromatic heterocycles. The molecular formula is C11H16FNO2. The molecule has 0 saturated carbocycles. The van der Waals surface area contributed by atoms with Crippen LogP contribution < -0.4 is 10.5 Å². The standard InChI is InChI=1S/C11H16FNO2/c1-7(12)8-4-3-5-9(10(13)6-14)11(8)15-2/h3-5,7,10,14H,6,13H2,1-2H3. The zero-order chi connectivity index (χ0) is 11.4. The highest BCUT2D eigenvalue weighted by Gasteiger charge is 2.17. The second kappa shape index (κ2) is 5.09. The average molecular weight is 213 g/mol. The highest BCUT2D eigenvalue weighted by Crippen LogP contribution is 2.33. The van der Waals surface area contributed by atoms with E-state index in [-0.39, 0.29) is 6.61 Å². The van der Waals surface area contributed by atoms with Crippen LogP contribution in [0, 0.1) is 0 Å². The molecule has 1 rings (SSSR count). The summed E-state index contributed by atoms with van der Waals surface area (Å²) in [5.74, 6) is 0.425. The number of halogens is 1. The van der Waals surface area contributed by atoms with Gasteiger partial charge in [-0.25, -0.2) is 4.39 Å². The van der Waals surface area contributed by atoms with E-state index in [1.165, 1.54) is 14.0 Å². The maximum absolute atomic E-state index is 13.2. The van der Waals surface area contributed by atoms with Gasteiger partial charge in [0.1, 0.15) is 11.9 Å². The molecule has 3 N–H and O–H groups in total. The van der Waals surface area contributed by atoms with Crippen molar-refractivity contribution in [3.63, 3.8) is 0 Å². The zero-order valence-electron chi connectivity index (χ0n) is 8.90. The number of methoxy groups -OCH3 is 1. The van der Waals surface area contributed by atoms with Crippen LogP contribution in [-0.4, -0.2) is 18.8 Å². The molecule has 0 heterocycles. The number of para-hydroxylation sites is 1. The van der Waals surface area contributed by atoms with Crippen LogP contribution in [0.1, 0.15) is 30.3 Å². The van der Waals surface area contributed by atoms with Gasteiger partial charge in [-0.2, -0.15) is 0 Å². The Bertz CT molecular complexity index is 328. The fraction of sp³-hybridized carbons (Fsp3) is 0.455. The van der Waals surface area contributed by atoms with E-state index in [0.29, 0.717) is 16.9 Å². The summed E-state index contributed by atoms with van der Waals surface area (Å²) >= 11 is 0. The number of alkyl halides is 1. The molecule has 4 heteroatoms. The quantitative estimate of drug-likeness (QED) is 0.800. The maximum atomic E-state index is 13.2. The molecule has 0 amide bonds. The molecule has 84 valence electrons. The Hall–Kier alpha value is -1.13. The topological polar surface area (TPSA) is 55.5 Å². The number of benzene rings is 1. The van der Waals surface area contributed by atoms with E-state index >= 15 is 0 Å². The molecule has 0 aliphatic heterocycles. The lowest BCUT2D eigenvalue weighted by Crippen LogP contribution is -2.16. The summed E-state index contributed by atoms with van der Waals surface area (Å²) in [5.41, 5.74) is 6.77. The van der Waals surface area contributed by atoms with E-state index in [1.807, 2.05) is 0 Å². The SMILES string of the molecule is COc1c(C(C)F)cccc1C(N)CO.